The van der Waals surface area contributed by atoms with Gasteiger partial charge in [-0.3, -0.25) is 0 Å². The Kier molecular flexibility index (Phi) is 3.28. The average molecular weight is 223 g/mol. The highest BCUT2D eigenvalue weighted by Gasteiger charge is 2.21. The van der Waals surface area contributed by atoms with Crippen LogP contribution in [0, 0.1) is 6.92 Å². The first kappa shape index (κ1) is 10.2. The van der Waals surface area contributed by atoms with E-state index in [1.165, 1.54) is 0 Å². The van der Waals surface area contributed by atoms with Gasteiger partial charge in [-0.15, -0.1) is 0 Å². The van der Waals surface area contributed by atoms with Gasteiger partial charge in [-0.1, -0.05) is 59.1 Å². The second-order valence-electron chi connectivity index (χ2n) is 2.44. The lowest BCUT2D eigenvalue weighted by atomic mass is 10.1. The maximum absolute atomic E-state index is 5.67. The van der Waals surface area contributed by atoms with Gasteiger partial charge in [-0.2, -0.15) is 0 Å². The molecule has 0 aliphatic carbocycles. The van der Waals surface area contributed by atoms with Gasteiger partial charge in [0.2, 0.25) is 3.79 Å². The highest BCUT2D eigenvalue weighted by molar-refractivity contribution is 6.66. The molecule has 0 aromatic heterocycles. The zero-order valence-electron chi connectivity index (χ0n) is 6.36. The Bertz CT molecular complexity index is 245. The lowest BCUT2D eigenvalue weighted by Crippen LogP contribution is -1.99. The number of hydrogen-bond donors (Lipinski definition) is 0. The van der Waals surface area contributed by atoms with Crippen LogP contribution < -0.4 is 0 Å². The molecule has 0 amide bonds. The summed E-state index contributed by atoms with van der Waals surface area (Å²) in [5.41, 5.74) is 1.82. The molecule has 0 atom stereocenters. The minimum atomic E-state index is -1.32. The first-order chi connectivity index (χ1) is 5.54. The molecule has 12 heavy (non-hydrogen) atoms. The van der Waals surface area contributed by atoms with Crippen molar-refractivity contribution in [1.82, 2.24) is 0 Å². The third kappa shape index (κ3) is 2.55. The van der Waals surface area contributed by atoms with Crippen molar-refractivity contribution in [3.8, 4) is 0 Å². The van der Waals surface area contributed by atoms with Gasteiger partial charge < -0.3 is 0 Å². The highest BCUT2D eigenvalue weighted by Crippen LogP contribution is 2.37. The molecule has 0 aliphatic heterocycles. The van der Waals surface area contributed by atoms with Crippen LogP contribution >= 0.6 is 34.8 Å². The Morgan fingerprint density at radius 2 is 1.58 bits per heavy atom. The summed E-state index contributed by atoms with van der Waals surface area (Å²) in [5.74, 6) is 0. The van der Waals surface area contributed by atoms with E-state index in [4.69, 9.17) is 34.8 Å². The molecule has 0 fully saturated rings. The molecule has 0 bridgehead atoms. The molecule has 0 N–H and O–H groups in total. The number of benzene rings is 1. The molecule has 0 saturated carbocycles. The van der Waals surface area contributed by atoms with Crippen LogP contribution in [0.5, 0.6) is 0 Å². The zero-order chi connectivity index (χ0) is 9.19. The Morgan fingerprint density at radius 1 is 1.08 bits per heavy atom. The lowest BCUT2D eigenvalue weighted by Gasteiger charge is -2.10. The van der Waals surface area contributed by atoms with Gasteiger partial charge in [-0.05, 0) is 18.9 Å². The monoisotopic (exact) mass is 221 g/mol. The van der Waals surface area contributed by atoms with Crippen LogP contribution in [0.4, 0.5) is 0 Å². The zero-order valence-corrected chi connectivity index (χ0v) is 8.63. The topological polar surface area (TPSA) is 0 Å². The molecule has 1 aromatic rings. The van der Waals surface area contributed by atoms with Gasteiger partial charge in [0.25, 0.3) is 0 Å². The van der Waals surface area contributed by atoms with Crippen molar-refractivity contribution in [2.24, 2.45) is 0 Å². The summed E-state index contributed by atoms with van der Waals surface area (Å²) in [5, 5.41) is 0. The van der Waals surface area contributed by atoms with Crippen LogP contribution in [0.15, 0.2) is 24.3 Å². The molecule has 0 saturated heterocycles. The number of rotatable bonds is 1. The van der Waals surface area contributed by atoms with E-state index in [0.29, 0.717) is 5.56 Å². The van der Waals surface area contributed by atoms with Gasteiger partial charge in [0, 0.05) is 5.56 Å². The van der Waals surface area contributed by atoms with Crippen molar-refractivity contribution in [2.45, 2.75) is 10.2 Å². The SMILES string of the molecule is [CH2]Cc1ccc(C(Cl)(Cl)Cl)cc1. The van der Waals surface area contributed by atoms with E-state index >= 15 is 0 Å². The second-order valence-corrected chi connectivity index (χ2v) is 4.73. The summed E-state index contributed by atoms with van der Waals surface area (Å²) in [6.45, 7) is 3.75. The fourth-order valence-corrected chi connectivity index (χ4v) is 1.24. The number of hydrogen-bond acceptors (Lipinski definition) is 0. The fraction of sp³-hybridized carbons (Fsp3) is 0.222. The third-order valence-corrected chi connectivity index (χ3v) is 2.22. The summed E-state index contributed by atoms with van der Waals surface area (Å²) < 4.78 is -1.32. The van der Waals surface area contributed by atoms with Gasteiger partial charge in [0.05, 0.1) is 0 Å². The molecule has 0 aliphatic rings. The Morgan fingerprint density at radius 3 is 1.92 bits per heavy atom. The summed E-state index contributed by atoms with van der Waals surface area (Å²) in [7, 11) is 0. The minimum Gasteiger partial charge on any atom is -0.0784 e. The molecular weight excluding hydrogens is 214 g/mol. The van der Waals surface area contributed by atoms with Gasteiger partial charge in [-0.25, -0.2) is 0 Å². The normalized spacial score (nSPS) is 11.7. The van der Waals surface area contributed by atoms with E-state index in [-0.39, 0.29) is 0 Å². The van der Waals surface area contributed by atoms with E-state index in [9.17, 15) is 0 Å². The minimum absolute atomic E-state index is 0.685. The van der Waals surface area contributed by atoms with Crippen molar-refractivity contribution in [3.63, 3.8) is 0 Å². The quantitative estimate of drug-likeness (QED) is 0.633. The van der Waals surface area contributed by atoms with Crippen LogP contribution in [0.3, 0.4) is 0 Å². The summed E-state index contributed by atoms with van der Waals surface area (Å²) in [4.78, 5) is 0. The molecule has 0 unspecified atom stereocenters. The first-order valence-electron chi connectivity index (χ1n) is 3.49. The lowest BCUT2D eigenvalue weighted by molar-refractivity contribution is 1.20. The summed E-state index contributed by atoms with van der Waals surface area (Å²) in [6, 6.07) is 7.41. The van der Waals surface area contributed by atoms with E-state index in [2.05, 4.69) is 6.92 Å². The highest BCUT2D eigenvalue weighted by atomic mass is 35.6. The van der Waals surface area contributed by atoms with Crippen LogP contribution in [0.1, 0.15) is 11.1 Å². The van der Waals surface area contributed by atoms with Crippen molar-refractivity contribution >= 4 is 34.8 Å². The van der Waals surface area contributed by atoms with Crippen LogP contribution in [-0.4, -0.2) is 0 Å². The second kappa shape index (κ2) is 3.87. The molecule has 1 radical (unpaired) electrons. The molecule has 65 valence electrons. The van der Waals surface area contributed by atoms with Crippen molar-refractivity contribution in [1.29, 1.82) is 0 Å². The standard InChI is InChI=1S/C9H8Cl3/c1-2-7-3-5-8(6-4-7)9(10,11)12/h3-6H,1-2H2. The average Bonchev–Trinajstić information content (AvgIpc) is 2.03. The predicted octanol–water partition coefficient (Wildman–Crippen LogP) is 3.89. The van der Waals surface area contributed by atoms with Crippen molar-refractivity contribution in [2.75, 3.05) is 0 Å². The summed E-state index contributed by atoms with van der Waals surface area (Å²) in [6.07, 6.45) is 0.750. The van der Waals surface area contributed by atoms with E-state index < -0.39 is 3.79 Å². The largest absolute Gasteiger partial charge is 0.216 e. The Hall–Kier alpha value is 0.0900. The molecule has 3 heteroatoms. The van der Waals surface area contributed by atoms with E-state index in [1.54, 1.807) is 12.1 Å². The van der Waals surface area contributed by atoms with Crippen molar-refractivity contribution in [3.05, 3.63) is 42.3 Å². The van der Waals surface area contributed by atoms with Gasteiger partial charge in [0.1, 0.15) is 0 Å². The van der Waals surface area contributed by atoms with Crippen LogP contribution in [-0.2, 0) is 10.2 Å². The predicted molar refractivity (Wildman–Crippen MR) is 54.7 cm³/mol. The van der Waals surface area contributed by atoms with Gasteiger partial charge in [0.15, 0.2) is 0 Å². The number of halogens is 3. The van der Waals surface area contributed by atoms with Gasteiger partial charge >= 0.3 is 0 Å². The van der Waals surface area contributed by atoms with E-state index in [1.807, 2.05) is 12.1 Å². The maximum atomic E-state index is 5.67. The van der Waals surface area contributed by atoms with Crippen LogP contribution in [0.2, 0.25) is 0 Å². The molecule has 0 spiro atoms. The Labute approximate surface area is 87.4 Å². The maximum Gasteiger partial charge on any atom is 0.216 e. The Balaban J connectivity index is 2.93. The van der Waals surface area contributed by atoms with E-state index in [0.717, 1.165) is 12.0 Å². The molecule has 0 heterocycles. The molecule has 1 aromatic carbocycles. The number of alkyl halides is 3. The summed E-state index contributed by atoms with van der Waals surface area (Å²) >= 11 is 17.0. The first-order valence-corrected chi connectivity index (χ1v) is 4.63. The smallest absolute Gasteiger partial charge is 0.0784 e. The molecule has 1 rings (SSSR count). The molecule has 0 nitrogen and oxygen atoms in total. The third-order valence-electron chi connectivity index (χ3n) is 1.57. The van der Waals surface area contributed by atoms with Crippen molar-refractivity contribution < 1.29 is 0 Å². The fourth-order valence-electron chi connectivity index (χ4n) is 0.860. The van der Waals surface area contributed by atoms with Crippen LogP contribution in [0.25, 0.3) is 0 Å². The molecular formula is C9H8Cl3.